The van der Waals surface area contributed by atoms with Crippen LogP contribution in [0.2, 0.25) is 0 Å². The molecule has 0 fully saturated rings. The van der Waals surface area contributed by atoms with Crippen LogP contribution in [0.15, 0.2) is 57.7 Å². The van der Waals surface area contributed by atoms with E-state index in [0.29, 0.717) is 22.6 Å². The lowest BCUT2D eigenvalue weighted by molar-refractivity contribution is -0.113. The fraction of sp³-hybridized carbons (Fsp3) is 0.227. The van der Waals surface area contributed by atoms with Gasteiger partial charge >= 0.3 is 5.63 Å². The number of aryl methyl sites for hydroxylation is 1. The molecule has 0 unspecified atom stereocenters. The summed E-state index contributed by atoms with van der Waals surface area (Å²) in [5, 5.41) is 3.66. The summed E-state index contributed by atoms with van der Waals surface area (Å²) < 4.78 is 5.31. The van der Waals surface area contributed by atoms with Crippen LogP contribution < -0.4 is 10.9 Å². The lowest BCUT2D eigenvalue weighted by atomic mass is 10.1. The lowest BCUT2D eigenvalue weighted by Crippen LogP contribution is -2.16. The van der Waals surface area contributed by atoms with Crippen LogP contribution in [-0.4, -0.2) is 17.4 Å². The van der Waals surface area contributed by atoms with Gasteiger partial charge in [0.25, 0.3) is 0 Å². The molecule has 6 heteroatoms. The van der Waals surface area contributed by atoms with E-state index >= 15 is 0 Å². The molecule has 1 heterocycles. The summed E-state index contributed by atoms with van der Waals surface area (Å²) in [5.41, 5.74) is 3.12. The number of amides is 1. The van der Waals surface area contributed by atoms with E-state index < -0.39 is 5.63 Å². The zero-order chi connectivity index (χ0) is 20.1. The molecule has 144 valence electrons. The van der Waals surface area contributed by atoms with Crippen LogP contribution in [0.25, 0.3) is 11.0 Å². The predicted octanol–water partition coefficient (Wildman–Crippen LogP) is 4.43. The van der Waals surface area contributed by atoms with Gasteiger partial charge in [-0.1, -0.05) is 31.2 Å². The highest BCUT2D eigenvalue weighted by Crippen LogP contribution is 2.23. The third-order valence-electron chi connectivity index (χ3n) is 4.37. The van der Waals surface area contributed by atoms with Crippen molar-refractivity contribution in [3.63, 3.8) is 0 Å². The number of carbonyl (C=O) groups is 2. The highest BCUT2D eigenvalue weighted by atomic mass is 32.2. The van der Waals surface area contributed by atoms with Gasteiger partial charge in [0.05, 0.1) is 11.4 Å². The number of ketones is 1. The number of hydrogen-bond acceptors (Lipinski definition) is 5. The first-order valence-electron chi connectivity index (χ1n) is 9.01. The van der Waals surface area contributed by atoms with E-state index in [1.165, 1.54) is 24.8 Å². The Bertz CT molecular complexity index is 1090. The van der Waals surface area contributed by atoms with Gasteiger partial charge in [0.1, 0.15) is 5.58 Å². The second-order valence-electron chi connectivity index (χ2n) is 6.42. The van der Waals surface area contributed by atoms with Gasteiger partial charge in [-0.3, -0.25) is 9.59 Å². The molecule has 0 saturated carbocycles. The fourth-order valence-corrected chi connectivity index (χ4v) is 3.77. The van der Waals surface area contributed by atoms with Crippen LogP contribution in [0, 0.1) is 0 Å². The Morgan fingerprint density at radius 3 is 2.64 bits per heavy atom. The normalized spacial score (nSPS) is 10.8. The highest BCUT2D eigenvalue weighted by molar-refractivity contribution is 7.99. The van der Waals surface area contributed by atoms with Crippen molar-refractivity contribution in [3.8, 4) is 0 Å². The van der Waals surface area contributed by atoms with E-state index in [0.717, 1.165) is 22.9 Å². The van der Waals surface area contributed by atoms with Gasteiger partial charge in [-0.05, 0) is 42.7 Å². The number of anilines is 1. The van der Waals surface area contributed by atoms with Gasteiger partial charge in [-0.25, -0.2) is 4.79 Å². The maximum Gasteiger partial charge on any atom is 0.336 e. The third kappa shape index (κ3) is 4.70. The molecule has 5 nitrogen and oxygen atoms in total. The Morgan fingerprint density at radius 2 is 1.89 bits per heavy atom. The Labute approximate surface area is 167 Å². The molecule has 0 aliphatic heterocycles. The van der Waals surface area contributed by atoms with Crippen LogP contribution in [0.3, 0.4) is 0 Å². The van der Waals surface area contributed by atoms with E-state index in [2.05, 4.69) is 5.32 Å². The number of nitrogens with one attached hydrogen (secondary N) is 1. The largest absolute Gasteiger partial charge is 0.423 e. The average molecular weight is 395 g/mol. The molecule has 0 atom stereocenters. The monoisotopic (exact) mass is 395 g/mol. The number of fused-ring (bicyclic) bond motifs is 1. The molecule has 0 spiro atoms. The summed E-state index contributed by atoms with van der Waals surface area (Å²) in [6, 6.07) is 14.3. The van der Waals surface area contributed by atoms with Gasteiger partial charge in [0.15, 0.2) is 5.78 Å². The minimum Gasteiger partial charge on any atom is -0.423 e. The zero-order valence-corrected chi connectivity index (χ0v) is 16.6. The van der Waals surface area contributed by atoms with Crippen molar-refractivity contribution in [2.45, 2.75) is 26.0 Å². The minimum absolute atomic E-state index is 0.0996. The number of carbonyl (C=O) groups excluding carboxylic acids is 2. The van der Waals surface area contributed by atoms with Gasteiger partial charge in [-0.15, -0.1) is 11.8 Å². The number of para-hydroxylation sites is 1. The molecule has 28 heavy (non-hydrogen) atoms. The fourth-order valence-electron chi connectivity index (χ4n) is 2.95. The van der Waals surface area contributed by atoms with Crippen molar-refractivity contribution < 1.29 is 14.0 Å². The van der Waals surface area contributed by atoms with Gasteiger partial charge in [-0.2, -0.15) is 0 Å². The molecule has 0 saturated heterocycles. The SMILES string of the molecule is CCc1ccc2c(CSCC(=O)Nc3ccccc3C(C)=O)cc(=O)oc2c1. The molecule has 3 aromatic rings. The number of benzene rings is 2. The molecule has 0 aliphatic carbocycles. The molecule has 2 aromatic carbocycles. The van der Waals surface area contributed by atoms with Crippen molar-refractivity contribution >= 4 is 40.1 Å². The number of hydrogen-bond donors (Lipinski definition) is 1. The number of thioether (sulfide) groups is 1. The van der Waals surface area contributed by atoms with Crippen LogP contribution in [0.5, 0.6) is 0 Å². The first-order valence-corrected chi connectivity index (χ1v) is 10.2. The molecule has 1 aromatic heterocycles. The van der Waals surface area contributed by atoms with Crippen molar-refractivity contribution in [1.29, 1.82) is 0 Å². The maximum absolute atomic E-state index is 12.3. The van der Waals surface area contributed by atoms with Crippen molar-refractivity contribution in [1.82, 2.24) is 0 Å². The standard InChI is InChI=1S/C22H21NO4S/c1-3-15-8-9-18-16(11-22(26)27-20(18)10-15)12-28-13-21(25)23-19-7-5-4-6-17(19)14(2)24/h4-11H,3,12-13H2,1-2H3,(H,23,25). The summed E-state index contributed by atoms with van der Waals surface area (Å²) in [5.74, 6) is 0.424. The topological polar surface area (TPSA) is 76.4 Å². The summed E-state index contributed by atoms with van der Waals surface area (Å²) in [6.07, 6.45) is 0.862. The van der Waals surface area contributed by atoms with Crippen LogP contribution >= 0.6 is 11.8 Å². The van der Waals surface area contributed by atoms with Crippen molar-refractivity contribution in [2.75, 3.05) is 11.1 Å². The molecular weight excluding hydrogens is 374 g/mol. The van der Waals surface area contributed by atoms with Crippen molar-refractivity contribution in [3.05, 3.63) is 75.6 Å². The Kier molecular flexibility index (Phi) is 6.31. The highest BCUT2D eigenvalue weighted by Gasteiger charge is 2.11. The Hall–Kier alpha value is -2.86. The van der Waals surface area contributed by atoms with Crippen LogP contribution in [-0.2, 0) is 17.0 Å². The van der Waals surface area contributed by atoms with Gasteiger partial charge < -0.3 is 9.73 Å². The summed E-state index contributed by atoms with van der Waals surface area (Å²) in [6.45, 7) is 3.51. The molecule has 1 amide bonds. The maximum atomic E-state index is 12.3. The molecule has 1 N–H and O–H groups in total. The Balaban J connectivity index is 1.68. The predicted molar refractivity (Wildman–Crippen MR) is 113 cm³/mol. The number of Topliss-reactive ketones (excluding diaryl/α,β-unsaturated/α-hetero) is 1. The molecule has 0 aliphatic rings. The number of rotatable bonds is 7. The quantitative estimate of drug-likeness (QED) is 0.473. The summed E-state index contributed by atoms with van der Waals surface area (Å²) >= 11 is 1.40. The molecular formula is C22H21NO4S. The van der Waals surface area contributed by atoms with E-state index in [1.807, 2.05) is 25.1 Å². The van der Waals surface area contributed by atoms with E-state index in [-0.39, 0.29) is 17.4 Å². The smallest absolute Gasteiger partial charge is 0.336 e. The van der Waals surface area contributed by atoms with E-state index in [1.54, 1.807) is 24.3 Å². The van der Waals surface area contributed by atoms with Gasteiger partial charge in [0.2, 0.25) is 5.91 Å². The second kappa shape index (κ2) is 8.89. The molecule has 3 rings (SSSR count). The van der Waals surface area contributed by atoms with Crippen LogP contribution in [0.1, 0.15) is 35.3 Å². The zero-order valence-electron chi connectivity index (χ0n) is 15.8. The summed E-state index contributed by atoms with van der Waals surface area (Å²) in [7, 11) is 0. The van der Waals surface area contributed by atoms with Crippen molar-refractivity contribution in [2.24, 2.45) is 0 Å². The second-order valence-corrected chi connectivity index (χ2v) is 7.40. The molecule has 0 radical (unpaired) electrons. The third-order valence-corrected chi connectivity index (χ3v) is 5.36. The average Bonchev–Trinajstić information content (AvgIpc) is 2.67. The molecule has 0 bridgehead atoms. The van der Waals surface area contributed by atoms with Crippen LogP contribution in [0.4, 0.5) is 5.69 Å². The minimum atomic E-state index is -0.392. The van der Waals surface area contributed by atoms with Gasteiger partial charge in [0, 0.05) is 22.8 Å². The first-order chi connectivity index (χ1) is 13.5. The van der Waals surface area contributed by atoms with E-state index in [9.17, 15) is 14.4 Å². The first kappa shape index (κ1) is 19.9. The Morgan fingerprint density at radius 1 is 1.11 bits per heavy atom. The lowest BCUT2D eigenvalue weighted by Gasteiger charge is -2.09. The van der Waals surface area contributed by atoms with E-state index in [4.69, 9.17) is 4.42 Å². The summed E-state index contributed by atoms with van der Waals surface area (Å²) in [4.78, 5) is 35.8.